The van der Waals surface area contributed by atoms with E-state index in [1.54, 1.807) is 13.1 Å². The number of nitrogens with zero attached hydrogens (tertiary/aromatic N) is 2. The molecule has 1 aromatic carbocycles. The van der Waals surface area contributed by atoms with Crippen LogP contribution >= 0.6 is 27.7 Å². The highest BCUT2D eigenvalue weighted by molar-refractivity contribution is 9.10. The molecule has 5 nitrogen and oxygen atoms in total. The lowest BCUT2D eigenvalue weighted by molar-refractivity contribution is -0.388. The highest BCUT2D eigenvalue weighted by atomic mass is 79.9. The molecule has 0 aliphatic carbocycles. The maximum atomic E-state index is 11.0. The highest BCUT2D eigenvalue weighted by Crippen LogP contribution is 2.34. The molecule has 0 spiro atoms. The van der Waals surface area contributed by atoms with Gasteiger partial charge in [0.05, 0.1) is 4.92 Å². The van der Waals surface area contributed by atoms with Gasteiger partial charge in [0.25, 0.3) is 0 Å². The Morgan fingerprint density at radius 1 is 1.37 bits per heavy atom. The summed E-state index contributed by atoms with van der Waals surface area (Å²) in [5.41, 5.74) is 0.00368. The zero-order valence-corrected chi connectivity index (χ0v) is 12.4. The van der Waals surface area contributed by atoms with Gasteiger partial charge < -0.3 is 5.32 Å². The molecule has 0 aliphatic heterocycles. The molecule has 0 atom stereocenters. The van der Waals surface area contributed by atoms with E-state index in [-0.39, 0.29) is 5.69 Å². The van der Waals surface area contributed by atoms with Crippen LogP contribution in [0.3, 0.4) is 0 Å². The Morgan fingerprint density at radius 2 is 2.16 bits per heavy atom. The fourth-order valence-corrected chi connectivity index (χ4v) is 2.93. The van der Waals surface area contributed by atoms with Crippen LogP contribution in [0.1, 0.15) is 0 Å². The van der Waals surface area contributed by atoms with Crippen LogP contribution in [0.4, 0.5) is 11.5 Å². The van der Waals surface area contributed by atoms with Crippen LogP contribution in [0.5, 0.6) is 0 Å². The minimum Gasteiger partial charge on any atom is -0.373 e. The quantitative estimate of drug-likeness (QED) is 0.674. The number of aromatic nitrogens is 1. The number of anilines is 1. The average Bonchev–Trinajstić information content (AvgIpc) is 2.38. The molecule has 2 aromatic rings. The monoisotopic (exact) mass is 339 g/mol. The zero-order chi connectivity index (χ0) is 13.8. The largest absolute Gasteiger partial charge is 0.373 e. The van der Waals surface area contributed by atoms with Gasteiger partial charge in [0.2, 0.25) is 0 Å². The van der Waals surface area contributed by atoms with Gasteiger partial charge in [-0.1, -0.05) is 33.8 Å². The Kier molecular flexibility index (Phi) is 4.39. The number of hydrogen-bond acceptors (Lipinski definition) is 5. The van der Waals surface area contributed by atoms with Gasteiger partial charge in [0.1, 0.15) is 5.82 Å². The molecule has 98 valence electrons. The van der Waals surface area contributed by atoms with E-state index in [1.807, 2.05) is 24.3 Å². The summed E-state index contributed by atoms with van der Waals surface area (Å²) in [4.78, 5) is 15.7. The number of halogens is 1. The predicted molar refractivity (Wildman–Crippen MR) is 78.7 cm³/mol. The first kappa shape index (κ1) is 13.8. The molecular formula is C12H10BrN3O2S. The molecule has 0 radical (unpaired) electrons. The summed E-state index contributed by atoms with van der Waals surface area (Å²) in [6.07, 6.45) is 0. The molecule has 0 bridgehead atoms. The van der Waals surface area contributed by atoms with Crippen LogP contribution in [-0.4, -0.2) is 17.0 Å². The average molecular weight is 340 g/mol. The highest BCUT2D eigenvalue weighted by Gasteiger charge is 2.17. The number of pyridine rings is 1. The maximum Gasteiger partial charge on any atom is 0.301 e. The van der Waals surface area contributed by atoms with Crippen molar-refractivity contribution in [2.75, 3.05) is 12.4 Å². The second kappa shape index (κ2) is 6.03. The first-order valence-corrected chi connectivity index (χ1v) is 6.97. The van der Waals surface area contributed by atoms with Crippen molar-refractivity contribution in [3.8, 4) is 0 Å². The van der Waals surface area contributed by atoms with Crippen molar-refractivity contribution < 1.29 is 4.92 Å². The number of nitrogens with one attached hydrogen (secondary N) is 1. The molecule has 0 saturated heterocycles. The van der Waals surface area contributed by atoms with E-state index in [2.05, 4.69) is 26.2 Å². The molecule has 0 aliphatic rings. The minimum absolute atomic E-state index is 0.00368. The van der Waals surface area contributed by atoms with Crippen LogP contribution in [0.25, 0.3) is 0 Å². The lowest BCUT2D eigenvalue weighted by atomic mass is 10.4. The fraction of sp³-hybridized carbons (Fsp3) is 0.0833. The number of nitro groups is 1. The van der Waals surface area contributed by atoms with Crippen molar-refractivity contribution in [3.05, 3.63) is 51.0 Å². The Balaban J connectivity index is 2.39. The third-order valence-electron chi connectivity index (χ3n) is 2.30. The fourth-order valence-electron chi connectivity index (χ4n) is 1.43. The van der Waals surface area contributed by atoms with Gasteiger partial charge >= 0.3 is 5.69 Å². The Bertz CT molecular complexity index is 622. The lowest BCUT2D eigenvalue weighted by Crippen LogP contribution is -1.97. The van der Waals surface area contributed by atoms with Crippen molar-refractivity contribution in [3.63, 3.8) is 0 Å². The third kappa shape index (κ3) is 3.45. The summed E-state index contributed by atoms with van der Waals surface area (Å²) in [6, 6.07) is 10.6. The van der Waals surface area contributed by atoms with Gasteiger partial charge in [-0.25, -0.2) is 4.98 Å². The van der Waals surface area contributed by atoms with E-state index in [9.17, 15) is 10.1 Å². The van der Waals surface area contributed by atoms with Crippen molar-refractivity contribution in [1.29, 1.82) is 0 Å². The molecule has 19 heavy (non-hydrogen) atoms. The number of hydrogen-bond donors (Lipinski definition) is 1. The molecule has 0 fully saturated rings. The van der Waals surface area contributed by atoms with Crippen LogP contribution in [0, 0.1) is 10.1 Å². The molecule has 1 N–H and O–H groups in total. The molecule has 2 rings (SSSR count). The number of benzene rings is 1. The van der Waals surface area contributed by atoms with Crippen LogP contribution in [-0.2, 0) is 0 Å². The van der Waals surface area contributed by atoms with E-state index in [0.29, 0.717) is 10.8 Å². The molecular weight excluding hydrogens is 330 g/mol. The predicted octanol–water partition coefficient (Wildman–Crippen LogP) is 3.95. The van der Waals surface area contributed by atoms with Gasteiger partial charge in [-0.05, 0) is 24.3 Å². The molecule has 1 aromatic heterocycles. The summed E-state index contributed by atoms with van der Waals surface area (Å²) in [7, 11) is 1.72. The zero-order valence-electron chi connectivity index (χ0n) is 9.96. The summed E-state index contributed by atoms with van der Waals surface area (Å²) in [6.45, 7) is 0. The smallest absolute Gasteiger partial charge is 0.301 e. The van der Waals surface area contributed by atoms with E-state index in [0.717, 1.165) is 9.37 Å². The normalized spacial score (nSPS) is 10.2. The van der Waals surface area contributed by atoms with Crippen LogP contribution in [0.2, 0.25) is 0 Å². The molecule has 0 unspecified atom stereocenters. The standard InChI is InChI=1S/C12H10BrN3O2S/c1-14-11-6-5-10(16(17)18)12(15-11)19-9-4-2-3-8(13)7-9/h2-7H,1H3,(H,14,15). The Hall–Kier alpha value is -1.60. The number of rotatable bonds is 4. The van der Waals surface area contributed by atoms with Crippen molar-refractivity contribution in [2.45, 2.75) is 9.92 Å². The summed E-state index contributed by atoms with van der Waals surface area (Å²) in [5, 5.41) is 14.2. The summed E-state index contributed by atoms with van der Waals surface area (Å²) >= 11 is 4.63. The molecule has 0 amide bonds. The first-order valence-electron chi connectivity index (χ1n) is 5.37. The van der Waals surface area contributed by atoms with Crippen LogP contribution < -0.4 is 5.32 Å². The Labute approximate surface area is 122 Å². The van der Waals surface area contributed by atoms with Gasteiger partial charge in [0.15, 0.2) is 5.03 Å². The van der Waals surface area contributed by atoms with Gasteiger partial charge in [-0.15, -0.1) is 0 Å². The lowest BCUT2D eigenvalue weighted by Gasteiger charge is -2.05. The SMILES string of the molecule is CNc1ccc([N+](=O)[O-])c(Sc2cccc(Br)c2)n1. The maximum absolute atomic E-state index is 11.0. The van der Waals surface area contributed by atoms with E-state index >= 15 is 0 Å². The van der Waals surface area contributed by atoms with E-state index < -0.39 is 4.92 Å². The summed E-state index contributed by atoms with van der Waals surface area (Å²) < 4.78 is 0.921. The Morgan fingerprint density at radius 3 is 2.79 bits per heavy atom. The van der Waals surface area contributed by atoms with Crippen molar-refractivity contribution >= 4 is 39.2 Å². The van der Waals surface area contributed by atoms with Gasteiger partial charge in [-0.3, -0.25) is 10.1 Å². The van der Waals surface area contributed by atoms with Crippen molar-refractivity contribution in [1.82, 2.24) is 4.98 Å². The van der Waals surface area contributed by atoms with Gasteiger partial charge in [0, 0.05) is 22.5 Å². The molecule has 7 heteroatoms. The molecule has 1 heterocycles. The van der Waals surface area contributed by atoms with E-state index in [1.165, 1.54) is 17.8 Å². The third-order valence-corrected chi connectivity index (χ3v) is 3.78. The molecule has 0 saturated carbocycles. The first-order chi connectivity index (χ1) is 9.10. The van der Waals surface area contributed by atoms with Gasteiger partial charge in [-0.2, -0.15) is 0 Å². The minimum atomic E-state index is -0.424. The second-order valence-electron chi connectivity index (χ2n) is 3.59. The summed E-state index contributed by atoms with van der Waals surface area (Å²) in [5.74, 6) is 0.600. The van der Waals surface area contributed by atoms with Crippen LogP contribution in [0.15, 0.2) is 50.8 Å². The van der Waals surface area contributed by atoms with Crippen molar-refractivity contribution in [2.24, 2.45) is 0 Å². The van der Waals surface area contributed by atoms with E-state index in [4.69, 9.17) is 0 Å². The topological polar surface area (TPSA) is 68.1 Å². The second-order valence-corrected chi connectivity index (χ2v) is 5.57.